The second-order valence-electron chi connectivity index (χ2n) is 9.59. The van der Waals surface area contributed by atoms with Crippen LogP contribution in [-0.2, 0) is 21.7 Å². The van der Waals surface area contributed by atoms with Crippen LogP contribution in [0.4, 0.5) is 0 Å². The van der Waals surface area contributed by atoms with Crippen LogP contribution in [0.5, 0.6) is 0 Å². The maximum atomic E-state index is 6.69. The van der Waals surface area contributed by atoms with E-state index in [4.69, 9.17) is 8.85 Å². The molecule has 2 atom stereocenters. The van der Waals surface area contributed by atoms with Crippen molar-refractivity contribution in [1.82, 2.24) is 0 Å². The van der Waals surface area contributed by atoms with Gasteiger partial charge in [-0.3, -0.25) is 0 Å². The Morgan fingerprint density at radius 2 is 0.893 bits per heavy atom. The Morgan fingerprint density at radius 1 is 0.571 bits per heavy atom. The third-order valence-electron chi connectivity index (χ3n) is 4.55. The SMILES string of the molecule is C[Si](C)(C)O[C@H](CCc1ccccc1)[C@@H](CCc1ccccc1)O[Si](C)(C)C. The molecule has 0 spiro atoms. The van der Waals surface area contributed by atoms with Gasteiger partial charge in [0.25, 0.3) is 0 Å². The van der Waals surface area contributed by atoms with Gasteiger partial charge in [-0.25, -0.2) is 0 Å². The van der Waals surface area contributed by atoms with E-state index in [0.29, 0.717) is 0 Å². The van der Waals surface area contributed by atoms with Crippen LogP contribution in [0.25, 0.3) is 0 Å². The van der Waals surface area contributed by atoms with Crippen molar-refractivity contribution in [3.63, 3.8) is 0 Å². The zero-order valence-corrected chi connectivity index (χ0v) is 20.6. The van der Waals surface area contributed by atoms with E-state index in [9.17, 15) is 0 Å². The Bertz CT molecular complexity index is 614. The Kier molecular flexibility index (Phi) is 8.68. The highest BCUT2D eigenvalue weighted by atomic mass is 28.4. The lowest BCUT2D eigenvalue weighted by Gasteiger charge is -2.36. The lowest BCUT2D eigenvalue weighted by Crippen LogP contribution is -2.45. The molecule has 0 aromatic heterocycles. The average molecular weight is 415 g/mol. The Labute approximate surface area is 174 Å². The molecule has 4 heteroatoms. The number of aryl methyl sites for hydroxylation is 2. The summed E-state index contributed by atoms with van der Waals surface area (Å²) in [4.78, 5) is 0. The average Bonchev–Trinajstić information content (AvgIpc) is 2.62. The van der Waals surface area contributed by atoms with Gasteiger partial charge in [-0.2, -0.15) is 0 Å². The maximum absolute atomic E-state index is 6.69. The highest BCUT2D eigenvalue weighted by Crippen LogP contribution is 2.24. The molecule has 0 aliphatic rings. The normalized spacial score (nSPS) is 14.6. The third kappa shape index (κ3) is 9.33. The summed E-state index contributed by atoms with van der Waals surface area (Å²) in [5, 5.41) is 0. The molecule has 28 heavy (non-hydrogen) atoms. The molecule has 0 fully saturated rings. The summed E-state index contributed by atoms with van der Waals surface area (Å²) in [6.45, 7) is 13.7. The fourth-order valence-corrected chi connectivity index (χ4v) is 5.81. The van der Waals surface area contributed by atoms with Crippen molar-refractivity contribution >= 4 is 16.6 Å². The smallest absolute Gasteiger partial charge is 0.184 e. The number of benzene rings is 2. The molecule has 0 aliphatic heterocycles. The summed E-state index contributed by atoms with van der Waals surface area (Å²) in [7, 11) is -3.34. The van der Waals surface area contributed by atoms with E-state index in [1.807, 2.05) is 0 Å². The van der Waals surface area contributed by atoms with Gasteiger partial charge in [-0.15, -0.1) is 0 Å². The van der Waals surface area contributed by atoms with Crippen molar-refractivity contribution in [2.75, 3.05) is 0 Å². The minimum absolute atomic E-state index is 0.155. The molecule has 2 nitrogen and oxygen atoms in total. The fraction of sp³-hybridized carbons (Fsp3) is 0.500. The van der Waals surface area contributed by atoms with Crippen LogP contribution in [0.2, 0.25) is 39.3 Å². The van der Waals surface area contributed by atoms with Gasteiger partial charge in [0.2, 0.25) is 0 Å². The molecule has 154 valence electrons. The van der Waals surface area contributed by atoms with Crippen molar-refractivity contribution in [3.8, 4) is 0 Å². The third-order valence-corrected chi connectivity index (χ3v) is 6.56. The number of hydrogen-bond donors (Lipinski definition) is 0. The van der Waals surface area contributed by atoms with Crippen LogP contribution in [0, 0.1) is 0 Å². The second kappa shape index (κ2) is 10.5. The van der Waals surface area contributed by atoms with E-state index in [-0.39, 0.29) is 12.2 Å². The number of hydrogen-bond acceptors (Lipinski definition) is 2. The predicted octanol–water partition coefficient (Wildman–Crippen LogP) is 6.69. The molecule has 0 aliphatic carbocycles. The van der Waals surface area contributed by atoms with E-state index in [1.54, 1.807) is 0 Å². The quantitative estimate of drug-likeness (QED) is 0.381. The maximum Gasteiger partial charge on any atom is 0.184 e. The molecule has 2 rings (SSSR count). The molecule has 0 heterocycles. The van der Waals surface area contributed by atoms with Crippen molar-refractivity contribution in [2.45, 2.75) is 77.2 Å². The molecule has 0 unspecified atom stereocenters. The molecule has 0 bridgehead atoms. The molecule has 0 saturated heterocycles. The van der Waals surface area contributed by atoms with E-state index < -0.39 is 16.6 Å². The first-order chi connectivity index (χ1) is 13.1. The molecule has 0 amide bonds. The first kappa shape index (κ1) is 23.1. The first-order valence-corrected chi connectivity index (χ1v) is 17.4. The minimum atomic E-state index is -1.67. The van der Waals surface area contributed by atoms with Gasteiger partial charge in [0.15, 0.2) is 16.6 Å². The number of rotatable bonds is 11. The fourth-order valence-electron chi connectivity index (χ4n) is 3.46. The van der Waals surface area contributed by atoms with Crippen molar-refractivity contribution in [3.05, 3.63) is 71.8 Å². The van der Waals surface area contributed by atoms with E-state index in [1.165, 1.54) is 11.1 Å². The molecule has 0 radical (unpaired) electrons. The molecule has 2 aromatic carbocycles. The van der Waals surface area contributed by atoms with Crippen molar-refractivity contribution in [1.29, 1.82) is 0 Å². The Balaban J connectivity index is 2.14. The van der Waals surface area contributed by atoms with Crippen LogP contribution in [-0.4, -0.2) is 28.8 Å². The lowest BCUT2D eigenvalue weighted by atomic mass is 9.99. The summed E-state index contributed by atoms with van der Waals surface area (Å²) in [5.41, 5.74) is 2.75. The van der Waals surface area contributed by atoms with E-state index in [0.717, 1.165) is 25.7 Å². The van der Waals surface area contributed by atoms with Crippen LogP contribution in [0.15, 0.2) is 60.7 Å². The van der Waals surface area contributed by atoms with Gasteiger partial charge in [-0.05, 0) is 76.1 Å². The van der Waals surface area contributed by atoms with Crippen LogP contribution in [0.3, 0.4) is 0 Å². The summed E-state index contributed by atoms with van der Waals surface area (Å²) in [6, 6.07) is 21.5. The minimum Gasteiger partial charge on any atom is -0.412 e. The van der Waals surface area contributed by atoms with E-state index >= 15 is 0 Å². The van der Waals surface area contributed by atoms with E-state index in [2.05, 4.69) is 99.9 Å². The highest BCUT2D eigenvalue weighted by Gasteiger charge is 2.31. The largest absolute Gasteiger partial charge is 0.412 e. The molecule has 2 aromatic rings. The van der Waals surface area contributed by atoms with Crippen LogP contribution >= 0.6 is 0 Å². The molecular weight excluding hydrogens is 376 g/mol. The standard InChI is InChI=1S/C24H38O2Si2/c1-27(2,3)25-23(19-17-21-13-9-7-10-14-21)24(26-28(4,5)6)20-18-22-15-11-8-12-16-22/h7-16,23-24H,17-20H2,1-6H3/t23-,24-/m1/s1. The van der Waals surface area contributed by atoms with Crippen molar-refractivity contribution < 1.29 is 8.85 Å². The van der Waals surface area contributed by atoms with Gasteiger partial charge in [0.1, 0.15) is 0 Å². The highest BCUT2D eigenvalue weighted by molar-refractivity contribution is 6.70. The molecule has 0 N–H and O–H groups in total. The monoisotopic (exact) mass is 414 g/mol. The zero-order valence-electron chi connectivity index (χ0n) is 18.6. The van der Waals surface area contributed by atoms with Crippen molar-refractivity contribution in [2.24, 2.45) is 0 Å². The van der Waals surface area contributed by atoms with Gasteiger partial charge >= 0.3 is 0 Å². The van der Waals surface area contributed by atoms with Gasteiger partial charge in [0, 0.05) is 0 Å². The molecular formula is C24H38O2Si2. The second-order valence-corrected chi connectivity index (χ2v) is 18.5. The predicted molar refractivity (Wildman–Crippen MR) is 126 cm³/mol. The molecule has 0 saturated carbocycles. The van der Waals surface area contributed by atoms with Gasteiger partial charge in [-0.1, -0.05) is 60.7 Å². The Morgan fingerprint density at radius 3 is 1.18 bits per heavy atom. The topological polar surface area (TPSA) is 18.5 Å². The summed E-state index contributed by atoms with van der Waals surface area (Å²) < 4.78 is 13.4. The van der Waals surface area contributed by atoms with Gasteiger partial charge < -0.3 is 8.85 Å². The summed E-state index contributed by atoms with van der Waals surface area (Å²) >= 11 is 0. The van der Waals surface area contributed by atoms with Gasteiger partial charge in [0.05, 0.1) is 12.2 Å². The van der Waals surface area contributed by atoms with Crippen LogP contribution < -0.4 is 0 Å². The zero-order chi connectivity index (χ0) is 20.6. The lowest BCUT2D eigenvalue weighted by molar-refractivity contribution is 0.0337. The summed E-state index contributed by atoms with van der Waals surface area (Å²) in [5.74, 6) is 0. The first-order valence-electron chi connectivity index (χ1n) is 10.6. The van der Waals surface area contributed by atoms with Crippen LogP contribution in [0.1, 0.15) is 24.0 Å². The Hall–Kier alpha value is -1.21. The summed E-state index contributed by atoms with van der Waals surface area (Å²) in [6.07, 6.45) is 4.40.